The number of amidine groups is 1. The van der Waals surface area contributed by atoms with E-state index in [1.54, 1.807) is 26.0 Å². The molecular weight excluding hydrogens is 397 g/mol. The zero-order chi connectivity index (χ0) is 21.6. The minimum atomic E-state index is -2.72. The number of amides is 1. The van der Waals surface area contributed by atoms with Crippen molar-refractivity contribution in [2.24, 2.45) is 28.5 Å². The molecule has 5 atom stereocenters. The number of hydrogen-bond acceptors (Lipinski definition) is 5. The van der Waals surface area contributed by atoms with Crippen LogP contribution in [0.4, 0.5) is 18.9 Å². The van der Waals surface area contributed by atoms with E-state index in [1.807, 2.05) is 0 Å². The Hall–Kier alpha value is -3.10. The highest BCUT2D eigenvalue weighted by molar-refractivity contribution is 6.02. The first-order chi connectivity index (χ1) is 14.3. The third kappa shape index (κ3) is 3.18. The first kappa shape index (κ1) is 20.2. The van der Waals surface area contributed by atoms with E-state index in [0.29, 0.717) is 0 Å². The molecule has 2 aromatic rings. The van der Waals surface area contributed by atoms with Crippen molar-refractivity contribution in [1.82, 2.24) is 4.98 Å². The minimum absolute atomic E-state index is 0.0379. The molecule has 0 bridgehead atoms. The summed E-state index contributed by atoms with van der Waals surface area (Å²) in [4.78, 5) is 20.6. The Morgan fingerprint density at radius 2 is 2.03 bits per heavy atom. The molecule has 0 radical (unpaired) electrons. The Kier molecular flexibility index (Phi) is 4.91. The van der Waals surface area contributed by atoms with E-state index in [0.717, 1.165) is 6.07 Å². The maximum atomic E-state index is 14.9. The van der Waals surface area contributed by atoms with Crippen LogP contribution >= 0.6 is 0 Å². The first-order valence-electron chi connectivity index (χ1n) is 9.58. The molecule has 0 saturated heterocycles. The number of anilines is 1. The molecule has 1 saturated carbocycles. The molecule has 1 unspecified atom stereocenters. The van der Waals surface area contributed by atoms with Crippen molar-refractivity contribution in [3.8, 4) is 0 Å². The molecule has 6 nitrogen and oxygen atoms in total. The van der Waals surface area contributed by atoms with Crippen LogP contribution in [0.5, 0.6) is 0 Å². The van der Waals surface area contributed by atoms with Gasteiger partial charge < -0.3 is 15.8 Å². The number of fused-ring (bicyclic) bond motifs is 1. The maximum Gasteiger partial charge on any atom is 0.283 e. The molecular formula is C21H21F3N4O2. The number of nitrogens with one attached hydrogen (secondary N) is 1. The molecule has 1 aliphatic heterocycles. The van der Waals surface area contributed by atoms with Gasteiger partial charge >= 0.3 is 0 Å². The number of aliphatic imine (C=N–C) groups is 1. The van der Waals surface area contributed by atoms with E-state index in [1.165, 1.54) is 24.4 Å². The number of rotatable bonds is 4. The summed E-state index contributed by atoms with van der Waals surface area (Å²) in [7, 11) is 0. The van der Waals surface area contributed by atoms with Crippen molar-refractivity contribution in [1.29, 1.82) is 0 Å². The van der Waals surface area contributed by atoms with E-state index in [2.05, 4.69) is 15.3 Å². The minimum Gasteiger partial charge on any atom is -0.462 e. The molecule has 9 heteroatoms. The van der Waals surface area contributed by atoms with Crippen molar-refractivity contribution < 1.29 is 22.7 Å². The van der Waals surface area contributed by atoms with Gasteiger partial charge in [0.05, 0.1) is 5.92 Å². The lowest BCUT2D eigenvalue weighted by atomic mass is 9.93. The van der Waals surface area contributed by atoms with Gasteiger partial charge in [-0.3, -0.25) is 9.78 Å². The van der Waals surface area contributed by atoms with Crippen LogP contribution in [-0.2, 0) is 10.3 Å². The second-order valence-corrected chi connectivity index (χ2v) is 7.71. The Bertz CT molecular complexity index is 1000. The van der Waals surface area contributed by atoms with Crippen LogP contribution in [0.1, 0.15) is 29.9 Å². The largest absolute Gasteiger partial charge is 0.462 e. The molecule has 4 rings (SSSR count). The van der Waals surface area contributed by atoms with Crippen LogP contribution in [0.25, 0.3) is 0 Å². The summed E-state index contributed by atoms with van der Waals surface area (Å²) in [6, 6.07) is 8.43. The summed E-state index contributed by atoms with van der Waals surface area (Å²) in [5, 5.41) is 2.62. The van der Waals surface area contributed by atoms with E-state index in [-0.39, 0.29) is 28.9 Å². The standard InChI is InChI=1S/C21H21F3N4O2/c1-10-11(2)30-20(25)28-21(16(10)17(21)18(23)24)13-9-12(6-7-14(13)22)27-19(29)15-5-3-4-8-26-15/h3-11,16-18H,1-2H3,(H2,25,28)(H,27,29)/t10-,11+,16?,17+,21+/m0/s1. The third-order valence-corrected chi connectivity index (χ3v) is 6.03. The van der Waals surface area contributed by atoms with E-state index < -0.39 is 41.6 Å². The fraction of sp³-hybridized carbons (Fsp3) is 0.381. The van der Waals surface area contributed by atoms with E-state index in [4.69, 9.17) is 10.5 Å². The lowest BCUT2D eigenvalue weighted by molar-refractivity contribution is 0.0853. The molecule has 1 aromatic carbocycles. The fourth-order valence-electron chi connectivity index (χ4n) is 4.47. The highest BCUT2D eigenvalue weighted by Crippen LogP contribution is 2.68. The summed E-state index contributed by atoms with van der Waals surface area (Å²) in [5.74, 6) is -3.38. The molecule has 0 spiro atoms. The third-order valence-electron chi connectivity index (χ3n) is 6.03. The van der Waals surface area contributed by atoms with Gasteiger partial charge in [0.1, 0.15) is 23.2 Å². The Morgan fingerprint density at radius 3 is 2.70 bits per heavy atom. The van der Waals surface area contributed by atoms with Crippen LogP contribution in [0.2, 0.25) is 0 Å². The average Bonchev–Trinajstić information content (AvgIpc) is 3.39. The number of hydrogen-bond donors (Lipinski definition) is 2. The molecule has 3 N–H and O–H groups in total. The molecule has 30 heavy (non-hydrogen) atoms. The number of nitrogens with zero attached hydrogens (tertiary/aromatic N) is 2. The van der Waals surface area contributed by atoms with Crippen LogP contribution in [0.15, 0.2) is 47.6 Å². The number of aromatic nitrogens is 1. The number of halogens is 3. The van der Waals surface area contributed by atoms with Crippen molar-refractivity contribution in [2.75, 3.05) is 5.32 Å². The van der Waals surface area contributed by atoms with Crippen LogP contribution in [0, 0.1) is 23.6 Å². The number of carbonyl (C=O) groups excluding carboxylic acids is 1. The SMILES string of the molecule is C[C@@H]1C2[C@H](C(F)F)[C@]2(c2cc(NC(=O)c3ccccn3)ccc2F)N=C(N)O[C@@H]1C. The lowest BCUT2D eigenvalue weighted by Crippen LogP contribution is -2.27. The zero-order valence-electron chi connectivity index (χ0n) is 16.4. The van der Waals surface area contributed by atoms with Gasteiger partial charge in [0.2, 0.25) is 6.43 Å². The van der Waals surface area contributed by atoms with E-state index in [9.17, 15) is 18.0 Å². The predicted molar refractivity (Wildman–Crippen MR) is 105 cm³/mol. The molecule has 1 amide bonds. The summed E-state index contributed by atoms with van der Waals surface area (Å²) in [6.07, 6.45) is -1.69. The normalized spacial score (nSPS) is 30.0. The summed E-state index contributed by atoms with van der Waals surface area (Å²) in [5.41, 5.74) is 4.65. The number of ether oxygens (including phenoxy) is 1. The topological polar surface area (TPSA) is 89.6 Å². The second kappa shape index (κ2) is 7.30. The van der Waals surface area contributed by atoms with Gasteiger partial charge in [0.15, 0.2) is 0 Å². The molecule has 1 fully saturated rings. The number of carbonyl (C=O) groups is 1. The Labute approximate surface area is 171 Å². The van der Waals surface area contributed by atoms with Crippen molar-refractivity contribution in [2.45, 2.75) is 31.9 Å². The van der Waals surface area contributed by atoms with Crippen LogP contribution in [-0.4, -0.2) is 29.4 Å². The lowest BCUT2D eigenvalue weighted by Gasteiger charge is -2.19. The van der Waals surface area contributed by atoms with Crippen molar-refractivity contribution in [3.05, 3.63) is 59.7 Å². The van der Waals surface area contributed by atoms with Crippen molar-refractivity contribution in [3.63, 3.8) is 0 Å². The van der Waals surface area contributed by atoms with Gasteiger partial charge in [0.25, 0.3) is 11.9 Å². The smallest absolute Gasteiger partial charge is 0.283 e. The van der Waals surface area contributed by atoms with Gasteiger partial charge in [-0.15, -0.1) is 0 Å². The monoisotopic (exact) mass is 418 g/mol. The molecule has 1 aliphatic carbocycles. The number of alkyl halides is 2. The maximum absolute atomic E-state index is 14.9. The molecule has 2 heterocycles. The second-order valence-electron chi connectivity index (χ2n) is 7.71. The van der Waals surface area contributed by atoms with Gasteiger partial charge in [0, 0.05) is 23.4 Å². The van der Waals surface area contributed by atoms with Gasteiger partial charge in [-0.1, -0.05) is 13.0 Å². The number of benzene rings is 1. The average molecular weight is 418 g/mol. The van der Waals surface area contributed by atoms with Gasteiger partial charge in [-0.05, 0) is 43.2 Å². The molecule has 1 aromatic heterocycles. The van der Waals surface area contributed by atoms with Crippen LogP contribution in [0.3, 0.4) is 0 Å². The van der Waals surface area contributed by atoms with Gasteiger partial charge in [-0.25, -0.2) is 18.2 Å². The number of pyridine rings is 1. The van der Waals surface area contributed by atoms with Gasteiger partial charge in [-0.2, -0.15) is 0 Å². The quantitative estimate of drug-likeness (QED) is 0.795. The molecule has 2 aliphatic rings. The highest BCUT2D eigenvalue weighted by atomic mass is 19.3. The zero-order valence-corrected chi connectivity index (χ0v) is 16.4. The fourth-order valence-corrected chi connectivity index (χ4v) is 4.47. The Morgan fingerprint density at radius 1 is 1.27 bits per heavy atom. The summed E-state index contributed by atoms with van der Waals surface area (Å²) in [6.45, 7) is 3.50. The predicted octanol–water partition coefficient (Wildman–Crippen LogP) is 3.55. The molecule has 158 valence electrons. The highest BCUT2D eigenvalue weighted by Gasteiger charge is 2.74. The van der Waals surface area contributed by atoms with Crippen LogP contribution < -0.4 is 11.1 Å². The summed E-state index contributed by atoms with van der Waals surface area (Å²) >= 11 is 0. The first-order valence-corrected chi connectivity index (χ1v) is 9.58. The Balaban J connectivity index is 1.74. The summed E-state index contributed by atoms with van der Waals surface area (Å²) < 4.78 is 48.2. The number of nitrogens with two attached hydrogens (primary N) is 1. The van der Waals surface area contributed by atoms with Crippen molar-refractivity contribution >= 4 is 17.6 Å². The van der Waals surface area contributed by atoms with E-state index >= 15 is 0 Å².